The first-order chi connectivity index (χ1) is 9.54. The van der Waals surface area contributed by atoms with Crippen molar-refractivity contribution < 1.29 is 4.79 Å². The molecule has 0 radical (unpaired) electrons. The standard InChI is InChI=1S/C14H19N5O/c1-5-18(4)14(20)11-8-17-19(9-11)13-12(10(2)3)15-6-7-16-13/h6-10H,5H2,1-4H3. The Morgan fingerprint density at radius 3 is 2.70 bits per heavy atom. The molecule has 0 aliphatic carbocycles. The first kappa shape index (κ1) is 14.2. The fraction of sp³-hybridized carbons (Fsp3) is 0.429. The Labute approximate surface area is 118 Å². The van der Waals surface area contributed by atoms with Crippen molar-refractivity contribution in [3.63, 3.8) is 0 Å². The van der Waals surface area contributed by atoms with Gasteiger partial charge in [0, 0.05) is 32.2 Å². The van der Waals surface area contributed by atoms with Crippen molar-refractivity contribution in [2.75, 3.05) is 13.6 Å². The second-order valence-electron chi connectivity index (χ2n) is 4.91. The number of rotatable bonds is 4. The van der Waals surface area contributed by atoms with Crippen LogP contribution in [0, 0.1) is 0 Å². The number of hydrogen-bond donors (Lipinski definition) is 0. The maximum Gasteiger partial charge on any atom is 0.256 e. The van der Waals surface area contributed by atoms with E-state index >= 15 is 0 Å². The van der Waals surface area contributed by atoms with Gasteiger partial charge in [0.05, 0.1) is 17.5 Å². The van der Waals surface area contributed by atoms with Gasteiger partial charge in [0.25, 0.3) is 5.91 Å². The van der Waals surface area contributed by atoms with Gasteiger partial charge in [0.1, 0.15) is 0 Å². The molecule has 0 unspecified atom stereocenters. The molecule has 2 aromatic rings. The van der Waals surface area contributed by atoms with Crippen LogP contribution < -0.4 is 0 Å². The lowest BCUT2D eigenvalue weighted by Gasteiger charge is -2.12. The Morgan fingerprint density at radius 1 is 1.35 bits per heavy atom. The topological polar surface area (TPSA) is 63.9 Å². The lowest BCUT2D eigenvalue weighted by Crippen LogP contribution is -2.25. The van der Waals surface area contributed by atoms with Gasteiger partial charge in [0.15, 0.2) is 5.82 Å². The van der Waals surface area contributed by atoms with Crippen LogP contribution in [0.5, 0.6) is 0 Å². The Bertz CT molecular complexity index is 605. The van der Waals surface area contributed by atoms with Gasteiger partial charge < -0.3 is 4.90 Å². The maximum atomic E-state index is 12.1. The minimum absolute atomic E-state index is 0.0475. The van der Waals surface area contributed by atoms with Crippen LogP contribution in [0.25, 0.3) is 5.82 Å². The molecule has 0 aliphatic rings. The summed E-state index contributed by atoms with van der Waals surface area (Å²) in [6.45, 7) is 6.69. The minimum Gasteiger partial charge on any atom is -0.342 e. The number of aromatic nitrogens is 4. The van der Waals surface area contributed by atoms with Crippen LogP contribution in [0.3, 0.4) is 0 Å². The smallest absolute Gasteiger partial charge is 0.256 e. The summed E-state index contributed by atoms with van der Waals surface area (Å²) in [5, 5.41) is 4.23. The predicted molar refractivity (Wildman–Crippen MR) is 75.9 cm³/mol. The summed E-state index contributed by atoms with van der Waals surface area (Å²) in [5.41, 5.74) is 1.41. The molecular weight excluding hydrogens is 254 g/mol. The van der Waals surface area contributed by atoms with E-state index < -0.39 is 0 Å². The van der Waals surface area contributed by atoms with Crippen molar-refractivity contribution in [1.29, 1.82) is 0 Å². The average Bonchev–Trinajstić information content (AvgIpc) is 2.95. The van der Waals surface area contributed by atoms with E-state index in [0.29, 0.717) is 17.9 Å². The number of nitrogens with zero attached hydrogens (tertiary/aromatic N) is 5. The largest absolute Gasteiger partial charge is 0.342 e. The molecule has 0 aromatic carbocycles. The molecule has 2 heterocycles. The number of carbonyl (C=O) groups is 1. The molecule has 106 valence electrons. The number of hydrogen-bond acceptors (Lipinski definition) is 4. The summed E-state index contributed by atoms with van der Waals surface area (Å²) in [6, 6.07) is 0. The molecule has 0 bridgehead atoms. The summed E-state index contributed by atoms with van der Waals surface area (Å²) in [4.78, 5) is 22.4. The number of amides is 1. The summed E-state index contributed by atoms with van der Waals surface area (Å²) >= 11 is 0. The van der Waals surface area contributed by atoms with E-state index in [1.165, 1.54) is 0 Å². The first-order valence-corrected chi connectivity index (χ1v) is 6.66. The summed E-state index contributed by atoms with van der Waals surface area (Å²) in [6.07, 6.45) is 6.56. The highest BCUT2D eigenvalue weighted by molar-refractivity contribution is 5.93. The Hall–Kier alpha value is -2.24. The third-order valence-corrected chi connectivity index (χ3v) is 3.12. The monoisotopic (exact) mass is 273 g/mol. The summed E-state index contributed by atoms with van der Waals surface area (Å²) in [7, 11) is 1.77. The second-order valence-corrected chi connectivity index (χ2v) is 4.91. The van der Waals surface area contributed by atoms with Crippen molar-refractivity contribution in [3.8, 4) is 5.82 Å². The van der Waals surface area contributed by atoms with Crippen LogP contribution in [-0.2, 0) is 0 Å². The van der Waals surface area contributed by atoms with Crippen molar-refractivity contribution in [3.05, 3.63) is 36.0 Å². The molecule has 0 aliphatic heterocycles. The lowest BCUT2D eigenvalue weighted by atomic mass is 10.1. The molecule has 2 rings (SSSR count). The zero-order valence-corrected chi connectivity index (χ0v) is 12.2. The fourth-order valence-electron chi connectivity index (χ4n) is 1.84. The molecule has 0 fully saturated rings. The molecule has 0 atom stereocenters. The maximum absolute atomic E-state index is 12.1. The van der Waals surface area contributed by atoms with Gasteiger partial charge in [-0.05, 0) is 12.8 Å². The van der Waals surface area contributed by atoms with Gasteiger partial charge in [-0.2, -0.15) is 5.10 Å². The molecule has 20 heavy (non-hydrogen) atoms. The van der Waals surface area contributed by atoms with Crippen LogP contribution in [0.4, 0.5) is 0 Å². The molecule has 0 spiro atoms. The van der Waals surface area contributed by atoms with E-state index in [9.17, 15) is 4.79 Å². The van der Waals surface area contributed by atoms with Gasteiger partial charge in [0.2, 0.25) is 0 Å². The normalized spacial score (nSPS) is 10.8. The molecule has 0 saturated carbocycles. The Balaban J connectivity index is 2.37. The van der Waals surface area contributed by atoms with Crippen molar-refractivity contribution >= 4 is 5.91 Å². The van der Waals surface area contributed by atoms with Crippen LogP contribution in [0.15, 0.2) is 24.8 Å². The molecule has 6 nitrogen and oxygen atoms in total. The van der Waals surface area contributed by atoms with Crippen LogP contribution in [0.1, 0.15) is 42.7 Å². The highest BCUT2D eigenvalue weighted by atomic mass is 16.2. The third-order valence-electron chi connectivity index (χ3n) is 3.12. The minimum atomic E-state index is -0.0475. The Morgan fingerprint density at radius 2 is 2.05 bits per heavy atom. The fourth-order valence-corrected chi connectivity index (χ4v) is 1.84. The SMILES string of the molecule is CCN(C)C(=O)c1cnn(-c2nccnc2C(C)C)c1. The zero-order chi connectivity index (χ0) is 14.7. The molecule has 0 N–H and O–H groups in total. The first-order valence-electron chi connectivity index (χ1n) is 6.66. The van der Waals surface area contributed by atoms with Gasteiger partial charge in [-0.3, -0.25) is 9.78 Å². The highest BCUT2D eigenvalue weighted by Gasteiger charge is 2.16. The number of carbonyl (C=O) groups excluding carboxylic acids is 1. The second kappa shape index (κ2) is 5.81. The van der Waals surface area contributed by atoms with E-state index in [0.717, 1.165) is 5.69 Å². The van der Waals surface area contributed by atoms with Crippen LogP contribution in [0.2, 0.25) is 0 Å². The molecule has 6 heteroatoms. The van der Waals surface area contributed by atoms with Gasteiger partial charge in [-0.1, -0.05) is 13.8 Å². The van der Waals surface area contributed by atoms with E-state index in [4.69, 9.17) is 0 Å². The zero-order valence-electron chi connectivity index (χ0n) is 12.2. The summed E-state index contributed by atoms with van der Waals surface area (Å²) < 4.78 is 1.61. The van der Waals surface area contributed by atoms with Crippen molar-refractivity contribution in [2.24, 2.45) is 0 Å². The van der Waals surface area contributed by atoms with E-state index in [1.807, 2.05) is 20.8 Å². The van der Waals surface area contributed by atoms with Gasteiger partial charge >= 0.3 is 0 Å². The highest BCUT2D eigenvalue weighted by Crippen LogP contribution is 2.18. The van der Waals surface area contributed by atoms with Gasteiger partial charge in [-0.25, -0.2) is 9.67 Å². The summed E-state index contributed by atoms with van der Waals surface area (Å²) in [5.74, 6) is 0.856. The lowest BCUT2D eigenvalue weighted by molar-refractivity contribution is 0.0802. The van der Waals surface area contributed by atoms with Crippen molar-refractivity contribution in [2.45, 2.75) is 26.7 Å². The predicted octanol–water partition coefficient (Wildman–Crippen LogP) is 1.88. The van der Waals surface area contributed by atoms with Crippen LogP contribution in [-0.4, -0.2) is 44.1 Å². The molecule has 2 aromatic heterocycles. The molecular formula is C14H19N5O. The molecule has 0 saturated heterocycles. The van der Waals surface area contributed by atoms with E-state index in [2.05, 4.69) is 15.1 Å². The van der Waals surface area contributed by atoms with Crippen molar-refractivity contribution in [1.82, 2.24) is 24.6 Å². The van der Waals surface area contributed by atoms with E-state index in [1.54, 1.807) is 41.4 Å². The van der Waals surface area contributed by atoms with Crippen LogP contribution >= 0.6 is 0 Å². The molecule has 1 amide bonds. The quantitative estimate of drug-likeness (QED) is 0.853. The average molecular weight is 273 g/mol. The Kier molecular flexibility index (Phi) is 4.12. The van der Waals surface area contributed by atoms with Gasteiger partial charge in [-0.15, -0.1) is 0 Å². The third kappa shape index (κ3) is 2.68. The van der Waals surface area contributed by atoms with E-state index in [-0.39, 0.29) is 11.8 Å².